The summed E-state index contributed by atoms with van der Waals surface area (Å²) < 4.78 is 0. The van der Waals surface area contributed by atoms with Crippen molar-refractivity contribution in [3.8, 4) is 0 Å². The van der Waals surface area contributed by atoms with Crippen molar-refractivity contribution in [2.24, 2.45) is 5.73 Å². The summed E-state index contributed by atoms with van der Waals surface area (Å²) in [5, 5.41) is 2.78. The molecule has 1 saturated heterocycles. The van der Waals surface area contributed by atoms with Gasteiger partial charge in [0.15, 0.2) is 0 Å². The molecule has 1 aromatic rings. The number of nitrogens with two attached hydrogens (primary N) is 1. The third kappa shape index (κ3) is 2.94. The van der Waals surface area contributed by atoms with Crippen LogP contribution in [0.4, 0.5) is 0 Å². The highest BCUT2D eigenvalue weighted by atomic mass is 35.5. The number of benzene rings is 1. The topological polar surface area (TPSA) is 75.4 Å². The van der Waals surface area contributed by atoms with Crippen LogP contribution in [0.2, 0.25) is 0 Å². The molecule has 0 saturated carbocycles. The molecule has 1 fully saturated rings. The summed E-state index contributed by atoms with van der Waals surface area (Å²) in [5.74, 6) is -0.242. The number of amides is 2. The van der Waals surface area contributed by atoms with Crippen LogP contribution in [-0.2, 0) is 11.3 Å². The Balaban J connectivity index is 0.00000200. The highest BCUT2D eigenvalue weighted by Crippen LogP contribution is 2.20. The average molecular weight is 298 g/mol. The smallest absolute Gasteiger partial charge is 0.254 e. The first-order chi connectivity index (χ1) is 8.96. The van der Waals surface area contributed by atoms with Crippen molar-refractivity contribution >= 4 is 24.2 Å². The highest BCUT2D eigenvalue weighted by molar-refractivity contribution is 5.99. The molecule has 3 N–H and O–H groups in total. The Morgan fingerprint density at radius 3 is 2.50 bits per heavy atom. The van der Waals surface area contributed by atoms with Crippen molar-refractivity contribution in [2.75, 3.05) is 13.1 Å². The van der Waals surface area contributed by atoms with E-state index in [4.69, 9.17) is 5.73 Å². The lowest BCUT2D eigenvalue weighted by atomic mass is 9.97. The van der Waals surface area contributed by atoms with Crippen LogP contribution in [0.5, 0.6) is 0 Å². The van der Waals surface area contributed by atoms with Crippen molar-refractivity contribution < 1.29 is 9.59 Å². The molecule has 2 rings (SSSR count). The third-order valence-corrected chi connectivity index (χ3v) is 3.53. The maximum absolute atomic E-state index is 12.5. The number of hydrogen-bond acceptors (Lipinski definition) is 3. The van der Waals surface area contributed by atoms with Crippen LogP contribution in [0.25, 0.3) is 0 Å². The normalized spacial score (nSPS) is 17.1. The molecule has 0 aromatic heterocycles. The lowest BCUT2D eigenvalue weighted by Crippen LogP contribution is -2.63. The quantitative estimate of drug-likeness (QED) is 0.852. The van der Waals surface area contributed by atoms with E-state index in [1.54, 1.807) is 30.9 Å². The second kappa shape index (κ2) is 6.24. The van der Waals surface area contributed by atoms with Gasteiger partial charge in [-0.25, -0.2) is 0 Å². The van der Waals surface area contributed by atoms with Crippen molar-refractivity contribution in [1.29, 1.82) is 0 Å². The lowest BCUT2D eigenvalue weighted by Gasteiger charge is -2.41. The van der Waals surface area contributed by atoms with Gasteiger partial charge in [-0.3, -0.25) is 9.59 Å². The van der Waals surface area contributed by atoms with Crippen LogP contribution in [0, 0.1) is 0 Å². The Labute approximate surface area is 124 Å². The third-order valence-electron chi connectivity index (χ3n) is 3.53. The fourth-order valence-electron chi connectivity index (χ4n) is 2.19. The van der Waals surface area contributed by atoms with E-state index >= 15 is 0 Å². The molecular weight excluding hydrogens is 278 g/mol. The number of carbonyl (C=O) groups excluding carboxylic acids is 2. The minimum Gasteiger partial charge on any atom is -0.352 e. The fourth-order valence-corrected chi connectivity index (χ4v) is 2.19. The Kier molecular flexibility index (Phi) is 5.14. The molecule has 0 spiro atoms. The minimum atomic E-state index is -0.818. The maximum atomic E-state index is 12.5. The van der Waals surface area contributed by atoms with Gasteiger partial charge < -0.3 is 16.0 Å². The molecular formula is C14H20ClN3O2. The summed E-state index contributed by atoms with van der Waals surface area (Å²) in [7, 11) is 0. The molecule has 1 heterocycles. The zero-order valence-corrected chi connectivity index (χ0v) is 12.5. The lowest BCUT2D eigenvalue weighted by molar-refractivity contribution is -0.133. The summed E-state index contributed by atoms with van der Waals surface area (Å²) in [4.78, 5) is 25.9. The van der Waals surface area contributed by atoms with E-state index in [0.717, 1.165) is 5.56 Å². The van der Waals surface area contributed by atoms with E-state index in [0.29, 0.717) is 25.2 Å². The van der Waals surface area contributed by atoms with Crippen molar-refractivity contribution in [1.82, 2.24) is 10.2 Å². The molecule has 0 unspecified atom stereocenters. The molecule has 1 aromatic carbocycles. The van der Waals surface area contributed by atoms with Gasteiger partial charge in [0.1, 0.15) is 5.54 Å². The first-order valence-electron chi connectivity index (χ1n) is 6.36. The number of nitrogens with zero attached hydrogens (tertiary/aromatic N) is 1. The molecule has 5 nitrogen and oxygen atoms in total. The van der Waals surface area contributed by atoms with Gasteiger partial charge in [-0.2, -0.15) is 0 Å². The van der Waals surface area contributed by atoms with Gasteiger partial charge in [0.2, 0.25) is 5.91 Å². The Hall–Kier alpha value is -1.59. The van der Waals surface area contributed by atoms with Crippen LogP contribution in [0.3, 0.4) is 0 Å². The predicted molar refractivity (Wildman–Crippen MR) is 79.7 cm³/mol. The van der Waals surface area contributed by atoms with Gasteiger partial charge in [-0.15, -0.1) is 12.4 Å². The van der Waals surface area contributed by atoms with E-state index in [-0.39, 0.29) is 24.2 Å². The van der Waals surface area contributed by atoms with Crippen molar-refractivity contribution in [3.05, 3.63) is 35.4 Å². The highest BCUT2D eigenvalue weighted by Gasteiger charge is 2.40. The van der Waals surface area contributed by atoms with Crippen molar-refractivity contribution in [3.63, 3.8) is 0 Å². The van der Waals surface area contributed by atoms with Gasteiger partial charge in [0.05, 0.1) is 0 Å². The predicted octanol–water partition coefficient (Wildman–Crippen LogP) is 0.918. The molecule has 20 heavy (non-hydrogen) atoms. The molecule has 0 atom stereocenters. The van der Waals surface area contributed by atoms with E-state index in [9.17, 15) is 9.59 Å². The molecule has 0 aliphatic carbocycles. The zero-order valence-electron chi connectivity index (χ0n) is 11.7. The largest absolute Gasteiger partial charge is 0.352 e. The van der Waals surface area contributed by atoms with Crippen LogP contribution in [0.15, 0.2) is 24.3 Å². The molecule has 0 radical (unpaired) electrons. The standard InChI is InChI=1S/C14H19N3O2.ClH/c1-14(2)13(19)16-7-8-17(14)12(18)11-5-3-10(9-15)4-6-11;/h3-6H,7-9,15H2,1-2H3,(H,16,19);1H. The van der Waals surface area contributed by atoms with Gasteiger partial charge in [0, 0.05) is 25.2 Å². The monoisotopic (exact) mass is 297 g/mol. The summed E-state index contributed by atoms with van der Waals surface area (Å²) in [6.07, 6.45) is 0. The van der Waals surface area contributed by atoms with E-state index in [1.807, 2.05) is 12.1 Å². The van der Waals surface area contributed by atoms with Crippen LogP contribution >= 0.6 is 12.4 Å². The number of rotatable bonds is 2. The average Bonchev–Trinajstić information content (AvgIpc) is 2.41. The van der Waals surface area contributed by atoms with Gasteiger partial charge in [0.25, 0.3) is 5.91 Å². The zero-order chi connectivity index (χ0) is 14.0. The summed E-state index contributed by atoms with van der Waals surface area (Å²) in [6, 6.07) is 7.19. The van der Waals surface area contributed by atoms with E-state index in [2.05, 4.69) is 5.32 Å². The molecule has 1 aliphatic rings. The molecule has 6 heteroatoms. The molecule has 2 amide bonds. The summed E-state index contributed by atoms with van der Waals surface area (Å²) >= 11 is 0. The second-order valence-corrected chi connectivity index (χ2v) is 5.17. The van der Waals surface area contributed by atoms with Gasteiger partial charge >= 0.3 is 0 Å². The molecule has 110 valence electrons. The number of piperazine rings is 1. The van der Waals surface area contributed by atoms with Crippen molar-refractivity contribution in [2.45, 2.75) is 25.9 Å². The Morgan fingerprint density at radius 1 is 1.35 bits per heavy atom. The Morgan fingerprint density at radius 2 is 1.95 bits per heavy atom. The number of halogens is 1. The number of nitrogens with one attached hydrogen (secondary N) is 1. The fraction of sp³-hybridized carbons (Fsp3) is 0.429. The van der Waals surface area contributed by atoms with Gasteiger partial charge in [-0.1, -0.05) is 12.1 Å². The molecule has 1 aliphatic heterocycles. The first kappa shape index (κ1) is 16.5. The number of carbonyl (C=O) groups is 2. The minimum absolute atomic E-state index is 0. The first-order valence-corrected chi connectivity index (χ1v) is 6.36. The number of hydrogen-bond donors (Lipinski definition) is 2. The summed E-state index contributed by atoms with van der Waals surface area (Å²) in [5.41, 5.74) is 6.28. The summed E-state index contributed by atoms with van der Waals surface area (Å²) in [6.45, 7) is 4.98. The van der Waals surface area contributed by atoms with Crippen LogP contribution < -0.4 is 11.1 Å². The van der Waals surface area contributed by atoms with Gasteiger partial charge in [-0.05, 0) is 31.5 Å². The second-order valence-electron chi connectivity index (χ2n) is 5.17. The van der Waals surface area contributed by atoms with Crippen LogP contribution in [-0.4, -0.2) is 35.3 Å². The van der Waals surface area contributed by atoms with Crippen LogP contribution in [0.1, 0.15) is 29.8 Å². The van der Waals surface area contributed by atoms with E-state index < -0.39 is 5.54 Å². The van der Waals surface area contributed by atoms with E-state index in [1.165, 1.54) is 0 Å². The maximum Gasteiger partial charge on any atom is 0.254 e. The SMILES string of the molecule is CC1(C)C(=O)NCCN1C(=O)c1ccc(CN)cc1.Cl. The molecule has 0 bridgehead atoms. The Bertz CT molecular complexity index is 500.